The molecule has 0 bridgehead atoms. The number of carbonyl (C=O) groups excluding carboxylic acids is 1. The minimum atomic E-state index is -1.43. The van der Waals surface area contributed by atoms with Crippen LogP contribution in [0.25, 0.3) is 0 Å². The third-order valence-corrected chi connectivity index (χ3v) is 6.01. The summed E-state index contributed by atoms with van der Waals surface area (Å²) >= 11 is 0. The zero-order valence-corrected chi connectivity index (χ0v) is 20.7. The molecule has 3 heterocycles. The monoisotopic (exact) mass is 457 g/mol. The molecule has 3 aliphatic heterocycles. The Kier molecular flexibility index (Phi) is 7.02. The van der Waals surface area contributed by atoms with Gasteiger partial charge in [0.2, 0.25) is 5.79 Å². The van der Waals surface area contributed by atoms with Gasteiger partial charge in [-0.05, 0) is 61.5 Å². The number of aliphatic hydroxyl groups excluding tert-OH is 1. The first-order valence-electron chi connectivity index (χ1n) is 11.4. The van der Waals surface area contributed by atoms with E-state index in [0.29, 0.717) is 6.61 Å². The van der Waals surface area contributed by atoms with Gasteiger partial charge in [-0.15, -0.1) is 0 Å². The van der Waals surface area contributed by atoms with E-state index >= 15 is 0 Å². The number of carbonyl (C=O) groups is 1. The maximum absolute atomic E-state index is 12.4. The van der Waals surface area contributed by atoms with Crippen molar-refractivity contribution in [2.75, 3.05) is 6.61 Å². The lowest BCUT2D eigenvalue weighted by Gasteiger charge is -2.38. The Morgan fingerprint density at radius 1 is 1.03 bits per heavy atom. The number of rotatable bonds is 6. The van der Waals surface area contributed by atoms with Gasteiger partial charge in [0.1, 0.15) is 24.4 Å². The first kappa shape index (κ1) is 25.4. The normalized spacial score (nSPS) is 35.1. The van der Waals surface area contributed by atoms with Gasteiger partial charge in [0.05, 0.1) is 12.9 Å². The highest BCUT2D eigenvalue weighted by Gasteiger charge is 2.70. The molecule has 0 aromatic heterocycles. The van der Waals surface area contributed by atoms with Crippen LogP contribution in [0.1, 0.15) is 62.3 Å². The van der Waals surface area contributed by atoms with Crippen molar-refractivity contribution in [3.8, 4) is 0 Å². The second-order valence-electron chi connectivity index (χ2n) is 10.3. The van der Waals surface area contributed by atoms with Crippen LogP contribution < -0.4 is 0 Å². The fourth-order valence-electron chi connectivity index (χ4n) is 4.72. The number of amides is 1. The van der Waals surface area contributed by atoms with E-state index in [-0.39, 0.29) is 12.1 Å². The summed E-state index contributed by atoms with van der Waals surface area (Å²) in [6.07, 6.45) is -0.140. The highest BCUT2D eigenvalue weighted by molar-refractivity contribution is 5.68. The molecule has 3 aliphatic rings. The molecule has 0 aromatic rings. The molecule has 1 amide bonds. The van der Waals surface area contributed by atoms with Gasteiger partial charge in [0, 0.05) is 18.0 Å². The van der Waals surface area contributed by atoms with E-state index in [9.17, 15) is 9.90 Å². The highest BCUT2D eigenvalue weighted by Crippen LogP contribution is 2.51. The Morgan fingerprint density at radius 3 is 2.25 bits per heavy atom. The third-order valence-electron chi connectivity index (χ3n) is 6.01. The molecule has 3 saturated heterocycles. The van der Waals surface area contributed by atoms with Gasteiger partial charge in [0.15, 0.2) is 11.6 Å². The quantitative estimate of drug-likeness (QED) is 0.608. The maximum Gasteiger partial charge on any atom is 0.415 e. The molecule has 6 atom stereocenters. The van der Waals surface area contributed by atoms with Crippen LogP contribution >= 0.6 is 0 Å². The molecule has 1 N–H and O–H groups in total. The van der Waals surface area contributed by atoms with E-state index in [2.05, 4.69) is 0 Å². The van der Waals surface area contributed by atoms with Gasteiger partial charge >= 0.3 is 6.09 Å². The summed E-state index contributed by atoms with van der Waals surface area (Å²) in [5, 5.41) is 11.3. The Morgan fingerprint density at radius 2 is 1.66 bits per heavy atom. The van der Waals surface area contributed by atoms with Crippen molar-refractivity contribution in [2.45, 2.75) is 116 Å². The summed E-state index contributed by atoms with van der Waals surface area (Å²) in [4.78, 5) is 14.1. The average Bonchev–Trinajstić information content (AvgIpc) is 3.07. The van der Waals surface area contributed by atoms with Crippen molar-refractivity contribution in [3.05, 3.63) is 12.3 Å². The number of fused-ring (bicyclic) bond motifs is 3. The summed E-state index contributed by atoms with van der Waals surface area (Å²) < 4.78 is 35.6. The van der Waals surface area contributed by atoms with Crippen molar-refractivity contribution in [1.29, 1.82) is 0 Å². The minimum Gasteiger partial charge on any atom is -0.418 e. The topological polar surface area (TPSA) is 95.9 Å². The van der Waals surface area contributed by atoms with Gasteiger partial charge in [0.25, 0.3) is 0 Å². The van der Waals surface area contributed by atoms with Crippen LogP contribution in [-0.4, -0.2) is 76.6 Å². The molecule has 0 spiro atoms. The van der Waals surface area contributed by atoms with Crippen molar-refractivity contribution >= 4 is 6.09 Å². The molecule has 3 fully saturated rings. The zero-order valence-electron chi connectivity index (χ0n) is 20.7. The van der Waals surface area contributed by atoms with Crippen LogP contribution in [0.3, 0.4) is 0 Å². The van der Waals surface area contributed by atoms with E-state index < -0.39 is 53.8 Å². The smallest absolute Gasteiger partial charge is 0.415 e. The van der Waals surface area contributed by atoms with Crippen LogP contribution in [0.4, 0.5) is 4.79 Å². The van der Waals surface area contributed by atoms with Crippen LogP contribution in [0, 0.1) is 5.92 Å². The van der Waals surface area contributed by atoms with Crippen LogP contribution in [0.15, 0.2) is 12.3 Å². The van der Waals surface area contributed by atoms with Crippen molar-refractivity contribution in [2.24, 2.45) is 5.92 Å². The molecule has 0 radical (unpaired) electrons. The summed E-state index contributed by atoms with van der Waals surface area (Å²) in [6.45, 7) is 17.0. The molecule has 3 rings (SSSR count). The molecule has 9 heteroatoms. The Hall–Kier alpha value is -1.23. The van der Waals surface area contributed by atoms with E-state index in [1.807, 2.05) is 41.5 Å². The molecular weight excluding hydrogens is 418 g/mol. The van der Waals surface area contributed by atoms with Gasteiger partial charge < -0.3 is 38.4 Å². The predicted molar refractivity (Wildman–Crippen MR) is 115 cm³/mol. The molecule has 0 saturated carbocycles. The van der Waals surface area contributed by atoms with Gasteiger partial charge in [-0.2, -0.15) is 0 Å². The Balaban J connectivity index is 1.74. The summed E-state index contributed by atoms with van der Waals surface area (Å²) in [6, 6.07) is 0.0121. The standard InChI is InChI=1S/C23H39NO8/c1-13(2)24(14(3)4)20(26)27-11-10-15(5)18(25)23-19(31-22(8,9)32-23)17-16(29-23)12-28-21(6,7)30-17/h10-11,13-19,25H,12H2,1-9H3/b11-10-/t15-,16-,17+,18-,19-,23-/m0/s1. The number of nitrogens with zero attached hydrogens (tertiary/aromatic N) is 1. The van der Waals surface area contributed by atoms with Crippen molar-refractivity contribution in [3.63, 3.8) is 0 Å². The second-order valence-corrected chi connectivity index (χ2v) is 10.3. The molecule has 0 aliphatic carbocycles. The first-order valence-corrected chi connectivity index (χ1v) is 11.4. The van der Waals surface area contributed by atoms with Crippen LogP contribution in [0.5, 0.6) is 0 Å². The largest absolute Gasteiger partial charge is 0.418 e. The lowest BCUT2D eigenvalue weighted by molar-refractivity contribution is -0.337. The van der Waals surface area contributed by atoms with E-state index in [0.717, 1.165) is 0 Å². The number of aliphatic hydroxyl groups is 1. The summed E-state index contributed by atoms with van der Waals surface area (Å²) in [5.41, 5.74) is 0. The summed E-state index contributed by atoms with van der Waals surface area (Å²) in [5.74, 6) is -3.66. The second kappa shape index (κ2) is 8.85. The van der Waals surface area contributed by atoms with Gasteiger partial charge in [-0.25, -0.2) is 4.79 Å². The fraction of sp³-hybridized carbons (Fsp3) is 0.870. The predicted octanol–water partition coefficient (Wildman–Crippen LogP) is 3.15. The highest BCUT2D eigenvalue weighted by atomic mass is 16.9. The SMILES string of the molecule is CC(C)N(C(=O)O/C=C\[C@H](C)[C@H](O)[C@@]12O[C@H]3COC(C)(C)O[C@H]3[C@@H]1OC(C)(C)O2)C(C)C. The fourth-order valence-corrected chi connectivity index (χ4v) is 4.72. The number of ether oxygens (including phenoxy) is 6. The molecule has 32 heavy (non-hydrogen) atoms. The molecule has 0 aromatic carbocycles. The van der Waals surface area contributed by atoms with Gasteiger partial charge in [-0.3, -0.25) is 0 Å². The number of hydrogen-bond acceptors (Lipinski definition) is 8. The summed E-state index contributed by atoms with van der Waals surface area (Å²) in [7, 11) is 0. The average molecular weight is 458 g/mol. The van der Waals surface area contributed by atoms with E-state index in [4.69, 9.17) is 28.4 Å². The van der Waals surface area contributed by atoms with E-state index in [1.165, 1.54) is 6.26 Å². The lowest BCUT2D eigenvalue weighted by atomic mass is 9.91. The first-order chi connectivity index (χ1) is 14.7. The Labute approximate surface area is 190 Å². The third kappa shape index (κ3) is 4.83. The van der Waals surface area contributed by atoms with Gasteiger partial charge in [-0.1, -0.05) is 6.92 Å². The molecule has 184 valence electrons. The molecule has 0 unspecified atom stereocenters. The van der Waals surface area contributed by atoms with Crippen molar-refractivity contribution < 1.29 is 38.3 Å². The molecular formula is C23H39NO8. The molecule has 9 nitrogen and oxygen atoms in total. The minimum absolute atomic E-state index is 0.00605. The van der Waals surface area contributed by atoms with Crippen LogP contribution in [-0.2, 0) is 28.4 Å². The zero-order chi connectivity index (χ0) is 24.1. The lowest BCUT2D eigenvalue weighted by Crippen LogP contribution is -2.54. The maximum atomic E-state index is 12.4. The Bertz CT molecular complexity index is 713. The number of hydrogen-bond donors (Lipinski definition) is 1. The van der Waals surface area contributed by atoms with Crippen LogP contribution in [0.2, 0.25) is 0 Å². The van der Waals surface area contributed by atoms with E-state index in [1.54, 1.807) is 31.7 Å². The van der Waals surface area contributed by atoms with Crippen molar-refractivity contribution in [1.82, 2.24) is 4.90 Å².